The van der Waals surface area contributed by atoms with Gasteiger partial charge in [-0.1, -0.05) is 0 Å². The molecule has 90 valence electrons. The number of rotatable bonds is 3. The van der Waals surface area contributed by atoms with Crippen LogP contribution in [0.5, 0.6) is 0 Å². The number of hydrogen-bond donors (Lipinski definition) is 2. The van der Waals surface area contributed by atoms with Crippen molar-refractivity contribution in [2.75, 3.05) is 6.61 Å². The van der Waals surface area contributed by atoms with Crippen LogP contribution in [0, 0.1) is 29.1 Å². The molecule has 0 spiro atoms. The number of halogens is 5. The Morgan fingerprint density at radius 2 is 1.19 bits per heavy atom. The average molecular weight is 242 g/mol. The molecule has 0 saturated carbocycles. The van der Waals surface area contributed by atoms with Gasteiger partial charge in [0.25, 0.3) is 0 Å². The summed E-state index contributed by atoms with van der Waals surface area (Å²) in [6.07, 6.45) is -2.45. The summed E-state index contributed by atoms with van der Waals surface area (Å²) in [7, 11) is 0. The van der Waals surface area contributed by atoms with Crippen molar-refractivity contribution in [2.24, 2.45) is 0 Å². The van der Waals surface area contributed by atoms with Crippen LogP contribution < -0.4 is 0 Å². The lowest BCUT2D eigenvalue weighted by molar-refractivity contribution is 0.0935. The molecule has 0 amide bonds. The lowest BCUT2D eigenvalue weighted by Gasteiger charge is -2.10. The van der Waals surface area contributed by atoms with Crippen molar-refractivity contribution in [2.45, 2.75) is 12.5 Å². The van der Waals surface area contributed by atoms with Crippen LogP contribution in [0.1, 0.15) is 5.56 Å². The number of hydrogen-bond acceptors (Lipinski definition) is 2. The molecule has 2 N–H and O–H groups in total. The summed E-state index contributed by atoms with van der Waals surface area (Å²) in [6.45, 7) is -0.848. The molecule has 0 saturated heterocycles. The number of benzene rings is 1. The van der Waals surface area contributed by atoms with Gasteiger partial charge in [-0.15, -0.1) is 0 Å². The Balaban J connectivity index is 3.28. The topological polar surface area (TPSA) is 40.5 Å². The molecule has 0 aromatic heterocycles. The Morgan fingerprint density at radius 1 is 0.812 bits per heavy atom. The second-order valence-corrected chi connectivity index (χ2v) is 3.09. The molecule has 1 unspecified atom stereocenters. The van der Waals surface area contributed by atoms with Crippen molar-refractivity contribution in [1.29, 1.82) is 0 Å². The van der Waals surface area contributed by atoms with Gasteiger partial charge in [0, 0.05) is 12.0 Å². The first-order valence-corrected chi connectivity index (χ1v) is 4.19. The minimum absolute atomic E-state index is 0.848. The van der Waals surface area contributed by atoms with E-state index in [4.69, 9.17) is 10.2 Å². The summed E-state index contributed by atoms with van der Waals surface area (Å²) in [5.41, 5.74) is -1.14. The summed E-state index contributed by atoms with van der Waals surface area (Å²) >= 11 is 0. The Morgan fingerprint density at radius 3 is 1.56 bits per heavy atom. The maximum atomic E-state index is 13.0. The highest BCUT2D eigenvalue weighted by Crippen LogP contribution is 2.23. The fourth-order valence-corrected chi connectivity index (χ4v) is 1.13. The van der Waals surface area contributed by atoms with Crippen molar-refractivity contribution < 1.29 is 32.2 Å². The third-order valence-electron chi connectivity index (χ3n) is 1.95. The van der Waals surface area contributed by atoms with Gasteiger partial charge in [-0.25, -0.2) is 22.0 Å². The highest BCUT2D eigenvalue weighted by molar-refractivity contribution is 5.24. The van der Waals surface area contributed by atoms with E-state index >= 15 is 0 Å². The van der Waals surface area contributed by atoms with E-state index in [1.807, 2.05) is 0 Å². The van der Waals surface area contributed by atoms with Gasteiger partial charge in [0.05, 0.1) is 12.7 Å². The molecule has 1 rings (SSSR count). The predicted octanol–water partition coefficient (Wildman–Crippen LogP) is 1.28. The molecule has 0 aliphatic rings. The standard InChI is InChI=1S/C9H7F5O2/c10-5-4(1-3(16)2-15)6(11)8(13)9(14)7(5)12/h3,15-16H,1-2H2. The monoisotopic (exact) mass is 242 g/mol. The lowest BCUT2D eigenvalue weighted by Crippen LogP contribution is -2.19. The zero-order chi connectivity index (χ0) is 12.5. The number of aliphatic hydroxyl groups excluding tert-OH is 2. The molecule has 1 atom stereocenters. The van der Waals surface area contributed by atoms with Crippen molar-refractivity contribution in [3.05, 3.63) is 34.6 Å². The first-order chi connectivity index (χ1) is 7.40. The normalized spacial score (nSPS) is 12.9. The van der Waals surface area contributed by atoms with Gasteiger partial charge in [-0.2, -0.15) is 0 Å². The minimum atomic E-state index is -2.25. The first-order valence-electron chi connectivity index (χ1n) is 4.19. The molecule has 1 aromatic carbocycles. The van der Waals surface area contributed by atoms with E-state index in [2.05, 4.69) is 0 Å². The smallest absolute Gasteiger partial charge is 0.200 e. The summed E-state index contributed by atoms with van der Waals surface area (Å²) in [5, 5.41) is 17.3. The first kappa shape index (κ1) is 12.9. The van der Waals surface area contributed by atoms with Crippen molar-refractivity contribution in [3.63, 3.8) is 0 Å². The molecular formula is C9H7F5O2. The van der Waals surface area contributed by atoms with Gasteiger partial charge in [-0.05, 0) is 0 Å². The quantitative estimate of drug-likeness (QED) is 0.476. The third-order valence-corrected chi connectivity index (χ3v) is 1.95. The summed E-state index contributed by atoms with van der Waals surface area (Å²) in [6, 6.07) is 0. The minimum Gasteiger partial charge on any atom is -0.394 e. The van der Waals surface area contributed by atoms with Crippen molar-refractivity contribution in [3.8, 4) is 0 Å². The molecule has 0 aliphatic heterocycles. The average Bonchev–Trinajstić information content (AvgIpc) is 2.29. The molecular weight excluding hydrogens is 235 g/mol. The van der Waals surface area contributed by atoms with Gasteiger partial charge < -0.3 is 10.2 Å². The van der Waals surface area contributed by atoms with E-state index in [1.54, 1.807) is 0 Å². The fraction of sp³-hybridized carbons (Fsp3) is 0.333. The van der Waals surface area contributed by atoms with Crippen molar-refractivity contribution in [1.82, 2.24) is 0 Å². The zero-order valence-electron chi connectivity index (χ0n) is 7.78. The predicted molar refractivity (Wildman–Crippen MR) is 43.0 cm³/mol. The SMILES string of the molecule is OCC(O)Cc1c(F)c(F)c(F)c(F)c1F. The van der Waals surface area contributed by atoms with Gasteiger partial charge in [0.15, 0.2) is 23.3 Å². The van der Waals surface area contributed by atoms with Crippen LogP contribution in [0.4, 0.5) is 22.0 Å². The Labute approximate surface area is 86.9 Å². The third kappa shape index (κ3) is 2.14. The summed E-state index contributed by atoms with van der Waals surface area (Å²) < 4.78 is 63.9. The second kappa shape index (κ2) is 4.75. The molecule has 0 fully saturated rings. The summed E-state index contributed by atoms with van der Waals surface area (Å²) in [4.78, 5) is 0. The Hall–Kier alpha value is -1.21. The highest BCUT2D eigenvalue weighted by atomic mass is 19.2. The molecule has 0 bridgehead atoms. The van der Waals surface area contributed by atoms with Gasteiger partial charge in [-0.3, -0.25) is 0 Å². The van der Waals surface area contributed by atoms with Crippen LogP contribution in [0.3, 0.4) is 0 Å². The van der Waals surface area contributed by atoms with E-state index < -0.39 is 53.8 Å². The molecule has 0 radical (unpaired) electrons. The molecule has 7 heteroatoms. The van der Waals surface area contributed by atoms with Crippen LogP contribution in [0.15, 0.2) is 0 Å². The molecule has 0 heterocycles. The lowest BCUT2D eigenvalue weighted by atomic mass is 10.1. The zero-order valence-corrected chi connectivity index (χ0v) is 7.78. The fourth-order valence-electron chi connectivity index (χ4n) is 1.13. The maximum Gasteiger partial charge on any atom is 0.200 e. The van der Waals surface area contributed by atoms with E-state index in [-0.39, 0.29) is 0 Å². The van der Waals surface area contributed by atoms with Crippen LogP contribution in [0.25, 0.3) is 0 Å². The summed E-state index contributed by atoms with van der Waals surface area (Å²) in [5.74, 6) is -10.4. The number of aliphatic hydroxyl groups is 2. The second-order valence-electron chi connectivity index (χ2n) is 3.09. The van der Waals surface area contributed by atoms with E-state index in [9.17, 15) is 22.0 Å². The molecule has 1 aromatic rings. The Bertz CT molecular complexity index is 378. The van der Waals surface area contributed by atoms with E-state index in [0.29, 0.717) is 0 Å². The molecule has 16 heavy (non-hydrogen) atoms. The van der Waals surface area contributed by atoms with Gasteiger partial charge in [0.1, 0.15) is 0 Å². The van der Waals surface area contributed by atoms with E-state index in [1.165, 1.54) is 0 Å². The van der Waals surface area contributed by atoms with Gasteiger partial charge >= 0.3 is 0 Å². The van der Waals surface area contributed by atoms with Gasteiger partial charge in [0.2, 0.25) is 5.82 Å². The van der Waals surface area contributed by atoms with Crippen molar-refractivity contribution >= 4 is 0 Å². The van der Waals surface area contributed by atoms with Crippen LogP contribution >= 0.6 is 0 Å². The van der Waals surface area contributed by atoms with Crippen LogP contribution in [-0.4, -0.2) is 22.9 Å². The maximum absolute atomic E-state index is 13.0. The Kier molecular flexibility index (Phi) is 3.82. The highest BCUT2D eigenvalue weighted by Gasteiger charge is 2.26. The molecule has 2 nitrogen and oxygen atoms in total. The van der Waals surface area contributed by atoms with Crippen LogP contribution in [-0.2, 0) is 6.42 Å². The largest absolute Gasteiger partial charge is 0.394 e. The van der Waals surface area contributed by atoms with Crippen LogP contribution in [0.2, 0.25) is 0 Å². The molecule has 0 aliphatic carbocycles. The van der Waals surface area contributed by atoms with E-state index in [0.717, 1.165) is 0 Å².